The number of benzene rings is 1. The van der Waals surface area contributed by atoms with E-state index in [9.17, 15) is 9.59 Å². The molecule has 0 unspecified atom stereocenters. The lowest BCUT2D eigenvalue weighted by molar-refractivity contribution is 0.0525. The number of carbonyl (C=O) groups is 2. The van der Waals surface area contributed by atoms with Crippen LogP contribution < -0.4 is 5.43 Å². The maximum Gasteiger partial charge on any atom is 0.340 e. The van der Waals surface area contributed by atoms with Gasteiger partial charge in [-0.25, -0.2) is 14.5 Å². The Balaban J connectivity index is 1.91. The molecule has 0 aliphatic rings. The monoisotopic (exact) mass is 326 g/mol. The van der Waals surface area contributed by atoms with E-state index in [0.717, 1.165) is 11.0 Å². The highest BCUT2D eigenvalue weighted by molar-refractivity contribution is 6.04. The van der Waals surface area contributed by atoms with Crippen molar-refractivity contribution in [3.05, 3.63) is 53.1 Å². The molecular weight excluding hydrogens is 308 g/mol. The first-order valence-corrected chi connectivity index (χ1v) is 7.62. The third-order valence-electron chi connectivity index (χ3n) is 3.82. The normalized spacial score (nSPS) is 10.8. The van der Waals surface area contributed by atoms with Crippen LogP contribution in [0.25, 0.3) is 11.0 Å². The van der Waals surface area contributed by atoms with Crippen LogP contribution in [0.5, 0.6) is 0 Å². The van der Waals surface area contributed by atoms with Crippen LogP contribution in [0.15, 0.2) is 30.6 Å². The summed E-state index contributed by atoms with van der Waals surface area (Å²) in [6, 6.07) is 7.47. The first-order chi connectivity index (χ1) is 11.5. The molecule has 3 rings (SSSR count). The molecule has 7 heteroatoms. The minimum absolute atomic E-state index is 0.283. The van der Waals surface area contributed by atoms with Gasteiger partial charge < -0.3 is 9.72 Å². The predicted octanol–water partition coefficient (Wildman–Crippen LogP) is 2.54. The second kappa shape index (κ2) is 6.19. The van der Waals surface area contributed by atoms with Gasteiger partial charge in [0.25, 0.3) is 5.91 Å². The lowest BCUT2D eigenvalue weighted by Crippen LogP contribution is -2.23. The van der Waals surface area contributed by atoms with E-state index in [1.807, 2.05) is 24.3 Å². The van der Waals surface area contributed by atoms with E-state index in [1.54, 1.807) is 31.8 Å². The molecule has 0 aliphatic carbocycles. The molecule has 0 fully saturated rings. The van der Waals surface area contributed by atoms with Gasteiger partial charge in [0.1, 0.15) is 12.0 Å². The van der Waals surface area contributed by atoms with Gasteiger partial charge in [-0.3, -0.25) is 10.2 Å². The molecule has 0 bridgehead atoms. The molecule has 1 amide bonds. The first kappa shape index (κ1) is 15.8. The zero-order valence-corrected chi connectivity index (χ0v) is 13.7. The lowest BCUT2D eigenvalue weighted by atomic mass is 10.1. The number of nitrogens with zero attached hydrogens (tertiary/aromatic N) is 2. The number of aromatic amines is 1. The number of rotatable bonds is 4. The van der Waals surface area contributed by atoms with Crippen LogP contribution in [0.2, 0.25) is 0 Å². The maximum atomic E-state index is 12.6. The molecule has 0 radical (unpaired) electrons. The summed E-state index contributed by atoms with van der Waals surface area (Å²) >= 11 is 0. The Hall–Kier alpha value is -3.09. The van der Waals surface area contributed by atoms with E-state index >= 15 is 0 Å². The fourth-order valence-corrected chi connectivity index (χ4v) is 2.70. The number of esters is 1. The second-order valence-corrected chi connectivity index (χ2v) is 5.39. The van der Waals surface area contributed by atoms with Gasteiger partial charge in [0.2, 0.25) is 0 Å². The standard InChI is InChI=1S/C17H18N4O3/c1-4-24-17(23)14-10(2)15(19-11(14)3)16(22)20-21-9-18-12-7-5-6-8-13(12)21/h5-9,19H,4H2,1-3H3,(H,20,22). The first-order valence-electron chi connectivity index (χ1n) is 7.62. The average Bonchev–Trinajstić information content (AvgIpc) is 3.09. The quantitative estimate of drug-likeness (QED) is 0.721. The molecule has 24 heavy (non-hydrogen) atoms. The molecule has 0 spiro atoms. The Bertz CT molecular complexity index is 923. The number of aryl methyl sites for hydroxylation is 1. The number of para-hydroxylation sites is 2. The number of carbonyl (C=O) groups excluding carboxylic acids is 2. The van der Waals surface area contributed by atoms with E-state index in [1.165, 1.54) is 0 Å². The van der Waals surface area contributed by atoms with Crippen molar-refractivity contribution in [2.75, 3.05) is 12.0 Å². The Morgan fingerprint density at radius 1 is 1.29 bits per heavy atom. The molecule has 3 aromatic rings. The van der Waals surface area contributed by atoms with E-state index in [-0.39, 0.29) is 12.5 Å². The summed E-state index contributed by atoms with van der Waals surface area (Å²) in [6.45, 7) is 5.48. The zero-order valence-electron chi connectivity index (χ0n) is 13.7. The highest BCUT2D eigenvalue weighted by Crippen LogP contribution is 2.19. The molecule has 2 aromatic heterocycles. The van der Waals surface area contributed by atoms with Crippen LogP contribution in [0, 0.1) is 13.8 Å². The summed E-state index contributed by atoms with van der Waals surface area (Å²) in [5.41, 5.74) is 6.23. The Kier molecular flexibility index (Phi) is 4.07. The summed E-state index contributed by atoms with van der Waals surface area (Å²) in [7, 11) is 0. The number of amides is 1. The third-order valence-corrected chi connectivity index (χ3v) is 3.82. The van der Waals surface area contributed by atoms with Gasteiger partial charge in [-0.1, -0.05) is 12.1 Å². The van der Waals surface area contributed by atoms with Crippen molar-refractivity contribution in [3.8, 4) is 0 Å². The van der Waals surface area contributed by atoms with Crippen LogP contribution >= 0.6 is 0 Å². The Morgan fingerprint density at radius 2 is 2.04 bits per heavy atom. The molecule has 0 atom stereocenters. The Morgan fingerprint density at radius 3 is 2.79 bits per heavy atom. The number of ether oxygens (including phenoxy) is 1. The summed E-state index contributed by atoms with van der Waals surface area (Å²) in [4.78, 5) is 31.8. The third kappa shape index (κ3) is 2.64. The van der Waals surface area contributed by atoms with E-state index < -0.39 is 5.97 Å². The molecule has 1 aromatic carbocycles. The minimum atomic E-state index is -0.434. The second-order valence-electron chi connectivity index (χ2n) is 5.39. The van der Waals surface area contributed by atoms with Gasteiger partial charge in [-0.2, -0.15) is 0 Å². The van der Waals surface area contributed by atoms with Crippen molar-refractivity contribution in [1.82, 2.24) is 14.6 Å². The number of hydrogen-bond acceptors (Lipinski definition) is 4. The van der Waals surface area contributed by atoms with E-state index in [2.05, 4.69) is 15.4 Å². The number of fused-ring (bicyclic) bond motifs is 1. The van der Waals surface area contributed by atoms with Crippen molar-refractivity contribution < 1.29 is 14.3 Å². The number of imidazole rings is 1. The molecule has 0 saturated heterocycles. The van der Waals surface area contributed by atoms with Crippen molar-refractivity contribution in [2.24, 2.45) is 0 Å². The van der Waals surface area contributed by atoms with Crippen LogP contribution in [-0.4, -0.2) is 33.1 Å². The van der Waals surface area contributed by atoms with Gasteiger partial charge in [-0.15, -0.1) is 0 Å². The largest absolute Gasteiger partial charge is 0.462 e. The number of aromatic nitrogens is 3. The van der Waals surface area contributed by atoms with Crippen molar-refractivity contribution in [1.29, 1.82) is 0 Å². The fraction of sp³-hybridized carbons (Fsp3) is 0.235. The highest BCUT2D eigenvalue weighted by Gasteiger charge is 2.23. The lowest BCUT2D eigenvalue weighted by Gasteiger charge is -2.07. The highest BCUT2D eigenvalue weighted by atomic mass is 16.5. The van der Waals surface area contributed by atoms with Crippen molar-refractivity contribution >= 4 is 22.9 Å². The van der Waals surface area contributed by atoms with Crippen molar-refractivity contribution in [3.63, 3.8) is 0 Å². The fourth-order valence-electron chi connectivity index (χ4n) is 2.70. The summed E-state index contributed by atoms with van der Waals surface area (Å²) in [5, 5.41) is 0. The molecule has 2 N–H and O–H groups in total. The molecule has 2 heterocycles. The van der Waals surface area contributed by atoms with Crippen molar-refractivity contribution in [2.45, 2.75) is 20.8 Å². The van der Waals surface area contributed by atoms with Gasteiger partial charge >= 0.3 is 5.97 Å². The molecular formula is C17H18N4O3. The molecule has 0 aliphatic heterocycles. The number of H-pyrrole nitrogens is 1. The van der Waals surface area contributed by atoms with Crippen LogP contribution in [0.3, 0.4) is 0 Å². The average molecular weight is 326 g/mol. The molecule has 0 saturated carbocycles. The SMILES string of the molecule is CCOC(=O)c1c(C)[nH]c(C(=O)Nn2cnc3ccccc32)c1C. The minimum Gasteiger partial charge on any atom is -0.462 e. The number of hydrogen-bond donors (Lipinski definition) is 2. The smallest absolute Gasteiger partial charge is 0.340 e. The van der Waals surface area contributed by atoms with Crippen LogP contribution in [0.1, 0.15) is 39.0 Å². The number of nitrogens with one attached hydrogen (secondary N) is 2. The summed E-state index contributed by atoms with van der Waals surface area (Å²) < 4.78 is 6.59. The Labute approximate surface area is 138 Å². The summed E-state index contributed by atoms with van der Waals surface area (Å²) in [5.74, 6) is -0.787. The molecule has 124 valence electrons. The van der Waals surface area contributed by atoms with Gasteiger partial charge in [0.15, 0.2) is 0 Å². The van der Waals surface area contributed by atoms with Gasteiger partial charge in [-0.05, 0) is 38.5 Å². The van der Waals surface area contributed by atoms with E-state index in [0.29, 0.717) is 22.5 Å². The summed E-state index contributed by atoms with van der Waals surface area (Å²) in [6.07, 6.45) is 1.54. The maximum absolute atomic E-state index is 12.6. The zero-order chi connectivity index (χ0) is 17.3. The van der Waals surface area contributed by atoms with Crippen LogP contribution in [-0.2, 0) is 4.74 Å². The van der Waals surface area contributed by atoms with Crippen LogP contribution in [0.4, 0.5) is 0 Å². The van der Waals surface area contributed by atoms with Gasteiger partial charge in [0.05, 0.1) is 23.2 Å². The predicted molar refractivity (Wildman–Crippen MR) is 89.6 cm³/mol. The molecule has 7 nitrogen and oxygen atoms in total. The van der Waals surface area contributed by atoms with Gasteiger partial charge in [0, 0.05) is 5.69 Å². The van der Waals surface area contributed by atoms with E-state index in [4.69, 9.17) is 4.74 Å². The topological polar surface area (TPSA) is 89.0 Å².